The third kappa shape index (κ3) is 5.54. The Kier molecular flexibility index (Phi) is 6.08. The van der Waals surface area contributed by atoms with Gasteiger partial charge in [-0.05, 0) is 49.4 Å². The van der Waals surface area contributed by atoms with Crippen LogP contribution in [-0.2, 0) is 6.18 Å². The summed E-state index contributed by atoms with van der Waals surface area (Å²) in [6.07, 6.45) is -4.43. The minimum atomic E-state index is -4.43. The summed E-state index contributed by atoms with van der Waals surface area (Å²) in [6.45, 7) is 1.80. The second-order valence-corrected chi connectivity index (χ2v) is 7.29. The molecule has 0 aliphatic rings. The molecule has 3 aromatic carbocycles. The predicted molar refractivity (Wildman–Crippen MR) is 121 cm³/mol. The molecule has 0 bridgehead atoms. The second kappa shape index (κ2) is 9.12. The molecule has 0 unspecified atom stereocenters. The van der Waals surface area contributed by atoms with E-state index >= 15 is 0 Å². The van der Waals surface area contributed by atoms with Gasteiger partial charge in [0.2, 0.25) is 0 Å². The van der Waals surface area contributed by atoms with Gasteiger partial charge in [0.05, 0.1) is 11.3 Å². The van der Waals surface area contributed by atoms with Gasteiger partial charge >= 0.3 is 6.18 Å². The van der Waals surface area contributed by atoms with Gasteiger partial charge in [-0.15, -0.1) is 0 Å². The first-order valence-electron chi connectivity index (χ1n) is 10.0. The number of alkyl halides is 3. The minimum Gasteiger partial charge on any atom is -0.340 e. The SMILES string of the molecule is Cc1nc(Nc2cccc(C(=O)Nc3ccc(C(F)(F)F)cc3)c2)cc(-c2ccccc2)n1. The van der Waals surface area contributed by atoms with Crippen LogP contribution < -0.4 is 10.6 Å². The Labute approximate surface area is 188 Å². The fourth-order valence-corrected chi connectivity index (χ4v) is 3.22. The van der Waals surface area contributed by atoms with Gasteiger partial charge in [0.1, 0.15) is 11.6 Å². The number of amides is 1. The Morgan fingerprint density at radius 1 is 0.818 bits per heavy atom. The van der Waals surface area contributed by atoms with Crippen molar-refractivity contribution in [1.82, 2.24) is 9.97 Å². The summed E-state index contributed by atoms with van der Waals surface area (Å²) in [5.74, 6) is 0.721. The van der Waals surface area contributed by atoms with Gasteiger partial charge < -0.3 is 10.6 Å². The zero-order valence-corrected chi connectivity index (χ0v) is 17.5. The lowest BCUT2D eigenvalue weighted by Crippen LogP contribution is -2.12. The lowest BCUT2D eigenvalue weighted by atomic mass is 10.1. The van der Waals surface area contributed by atoms with E-state index in [1.807, 2.05) is 36.4 Å². The summed E-state index contributed by atoms with van der Waals surface area (Å²) in [5, 5.41) is 5.79. The Bertz CT molecular complexity index is 1270. The van der Waals surface area contributed by atoms with Crippen LogP contribution in [0.25, 0.3) is 11.3 Å². The predicted octanol–water partition coefficient (Wildman–Crippen LogP) is 6.47. The van der Waals surface area contributed by atoms with E-state index in [-0.39, 0.29) is 5.69 Å². The molecule has 1 aromatic heterocycles. The Balaban J connectivity index is 1.50. The van der Waals surface area contributed by atoms with Crippen molar-refractivity contribution in [2.75, 3.05) is 10.6 Å². The molecule has 5 nitrogen and oxygen atoms in total. The summed E-state index contributed by atoms with van der Waals surface area (Å²) in [6, 6.07) is 22.6. The number of benzene rings is 3. The van der Waals surface area contributed by atoms with Crippen molar-refractivity contribution in [3.63, 3.8) is 0 Å². The summed E-state index contributed by atoms with van der Waals surface area (Å²) in [7, 11) is 0. The first-order valence-corrected chi connectivity index (χ1v) is 10.0. The van der Waals surface area contributed by atoms with Gasteiger partial charge in [0.15, 0.2) is 0 Å². The highest BCUT2D eigenvalue weighted by Gasteiger charge is 2.30. The number of anilines is 3. The number of nitrogens with zero attached hydrogens (tertiary/aromatic N) is 2. The first-order chi connectivity index (χ1) is 15.8. The smallest absolute Gasteiger partial charge is 0.340 e. The standard InChI is InChI=1S/C25H19F3N4O/c1-16-29-22(17-6-3-2-4-7-17)15-23(30-16)31-21-9-5-8-18(14-21)24(33)32-20-12-10-19(11-13-20)25(26,27)28/h2-15H,1H3,(H,32,33)(H,29,30,31). The van der Waals surface area contributed by atoms with Gasteiger partial charge in [-0.1, -0.05) is 36.4 Å². The Morgan fingerprint density at radius 3 is 2.24 bits per heavy atom. The van der Waals surface area contributed by atoms with E-state index in [0.717, 1.165) is 23.4 Å². The molecule has 2 N–H and O–H groups in total. The quantitative estimate of drug-likeness (QED) is 0.367. The van der Waals surface area contributed by atoms with Crippen molar-refractivity contribution < 1.29 is 18.0 Å². The molecule has 0 saturated heterocycles. The third-order valence-electron chi connectivity index (χ3n) is 4.77. The van der Waals surface area contributed by atoms with Crippen molar-refractivity contribution >= 4 is 23.1 Å². The topological polar surface area (TPSA) is 66.9 Å². The lowest BCUT2D eigenvalue weighted by molar-refractivity contribution is -0.137. The van der Waals surface area contributed by atoms with Crippen LogP contribution in [0.5, 0.6) is 0 Å². The Morgan fingerprint density at radius 2 is 1.55 bits per heavy atom. The van der Waals surface area contributed by atoms with Crippen LogP contribution in [-0.4, -0.2) is 15.9 Å². The molecule has 0 fully saturated rings. The fourth-order valence-electron chi connectivity index (χ4n) is 3.22. The van der Waals surface area contributed by atoms with E-state index in [9.17, 15) is 18.0 Å². The molecule has 8 heteroatoms. The molecule has 4 rings (SSSR count). The molecule has 1 heterocycles. The van der Waals surface area contributed by atoms with Crippen LogP contribution in [0.3, 0.4) is 0 Å². The number of hydrogen-bond donors (Lipinski definition) is 2. The fraction of sp³-hybridized carbons (Fsp3) is 0.0800. The number of carbonyl (C=O) groups is 1. The zero-order valence-electron chi connectivity index (χ0n) is 17.5. The van der Waals surface area contributed by atoms with E-state index in [0.29, 0.717) is 22.9 Å². The average Bonchev–Trinajstić information content (AvgIpc) is 2.79. The van der Waals surface area contributed by atoms with E-state index in [2.05, 4.69) is 20.6 Å². The molecule has 0 aliphatic heterocycles. The van der Waals surface area contributed by atoms with E-state index in [1.54, 1.807) is 31.2 Å². The number of hydrogen-bond acceptors (Lipinski definition) is 4. The van der Waals surface area contributed by atoms with Gasteiger partial charge in [-0.2, -0.15) is 13.2 Å². The second-order valence-electron chi connectivity index (χ2n) is 7.29. The summed E-state index contributed by atoms with van der Waals surface area (Å²) >= 11 is 0. The van der Waals surface area contributed by atoms with Gasteiger partial charge in [0, 0.05) is 28.6 Å². The molecule has 0 spiro atoms. The van der Waals surface area contributed by atoms with Crippen LogP contribution in [0, 0.1) is 6.92 Å². The van der Waals surface area contributed by atoms with Crippen LogP contribution in [0.4, 0.5) is 30.4 Å². The monoisotopic (exact) mass is 448 g/mol. The largest absolute Gasteiger partial charge is 0.416 e. The highest BCUT2D eigenvalue weighted by Crippen LogP contribution is 2.30. The van der Waals surface area contributed by atoms with Crippen molar-refractivity contribution in [2.45, 2.75) is 13.1 Å². The van der Waals surface area contributed by atoms with Crippen LogP contribution in [0.2, 0.25) is 0 Å². The molecule has 0 saturated carbocycles. The van der Waals surface area contributed by atoms with Crippen molar-refractivity contribution in [1.29, 1.82) is 0 Å². The minimum absolute atomic E-state index is 0.269. The van der Waals surface area contributed by atoms with Crippen LogP contribution in [0.15, 0.2) is 84.9 Å². The molecule has 0 atom stereocenters. The molecular weight excluding hydrogens is 429 g/mol. The summed E-state index contributed by atoms with van der Waals surface area (Å²) < 4.78 is 38.1. The number of aryl methyl sites for hydroxylation is 1. The van der Waals surface area contributed by atoms with E-state index < -0.39 is 17.6 Å². The van der Waals surface area contributed by atoms with Gasteiger partial charge in [0.25, 0.3) is 5.91 Å². The van der Waals surface area contributed by atoms with Gasteiger partial charge in [-0.3, -0.25) is 4.79 Å². The maximum Gasteiger partial charge on any atom is 0.416 e. The van der Waals surface area contributed by atoms with Crippen LogP contribution >= 0.6 is 0 Å². The highest BCUT2D eigenvalue weighted by molar-refractivity contribution is 6.04. The molecule has 33 heavy (non-hydrogen) atoms. The molecule has 1 amide bonds. The van der Waals surface area contributed by atoms with Gasteiger partial charge in [-0.25, -0.2) is 9.97 Å². The van der Waals surface area contributed by atoms with Crippen molar-refractivity contribution in [2.24, 2.45) is 0 Å². The maximum atomic E-state index is 12.7. The van der Waals surface area contributed by atoms with Crippen LogP contribution in [0.1, 0.15) is 21.7 Å². The van der Waals surface area contributed by atoms with E-state index in [4.69, 9.17) is 0 Å². The maximum absolute atomic E-state index is 12.7. The third-order valence-corrected chi connectivity index (χ3v) is 4.77. The highest BCUT2D eigenvalue weighted by atomic mass is 19.4. The normalized spacial score (nSPS) is 11.2. The molecule has 4 aromatic rings. The average molecular weight is 448 g/mol. The first kappa shape index (κ1) is 22.0. The number of halogens is 3. The molecule has 166 valence electrons. The number of carbonyl (C=O) groups excluding carboxylic acids is 1. The van der Waals surface area contributed by atoms with Crippen molar-refractivity contribution in [3.8, 4) is 11.3 Å². The lowest BCUT2D eigenvalue weighted by Gasteiger charge is -2.11. The molecule has 0 radical (unpaired) electrons. The Hall–Kier alpha value is -4.20. The van der Waals surface area contributed by atoms with Crippen molar-refractivity contribution in [3.05, 3.63) is 102 Å². The summed E-state index contributed by atoms with van der Waals surface area (Å²) in [5.41, 5.74) is 2.19. The van der Waals surface area contributed by atoms with E-state index in [1.165, 1.54) is 12.1 Å². The summed E-state index contributed by atoms with van der Waals surface area (Å²) in [4.78, 5) is 21.5. The molecular formula is C25H19F3N4O. The number of nitrogens with one attached hydrogen (secondary N) is 2. The zero-order chi connectivity index (χ0) is 23.4. The molecule has 0 aliphatic carbocycles. The number of rotatable bonds is 5. The number of aromatic nitrogens is 2.